The maximum atomic E-state index is 12.6. The Hall–Kier alpha value is -2.64. The molecule has 1 aromatic heterocycles. The first-order chi connectivity index (χ1) is 13.7. The number of nitrogens with zero attached hydrogens (tertiary/aromatic N) is 3. The standard InChI is InChI=1S/C21H25N3O4/c25-20(17-5-2-1-3-6-17)23-10-8-22(9-11-23)15-18-16-24(12-14-27-18)21(26)19-7-4-13-28-19/h1-7,13,18H,8-12,14-16H2. The molecule has 2 amide bonds. The van der Waals surface area contributed by atoms with E-state index in [-0.39, 0.29) is 17.9 Å². The number of carbonyl (C=O) groups excluding carboxylic acids is 2. The Kier molecular flexibility index (Phi) is 5.73. The Morgan fingerprint density at radius 3 is 2.39 bits per heavy atom. The zero-order valence-corrected chi connectivity index (χ0v) is 15.8. The van der Waals surface area contributed by atoms with Crippen molar-refractivity contribution in [3.05, 3.63) is 60.1 Å². The van der Waals surface area contributed by atoms with Crippen molar-refractivity contribution in [1.82, 2.24) is 14.7 Å². The van der Waals surface area contributed by atoms with Crippen LogP contribution in [-0.4, -0.2) is 85.0 Å². The van der Waals surface area contributed by atoms with E-state index in [1.165, 1.54) is 6.26 Å². The van der Waals surface area contributed by atoms with Gasteiger partial charge < -0.3 is 19.0 Å². The number of benzene rings is 1. The number of carbonyl (C=O) groups is 2. The van der Waals surface area contributed by atoms with Gasteiger partial charge in [0.15, 0.2) is 5.76 Å². The zero-order chi connectivity index (χ0) is 19.3. The third-order valence-corrected chi connectivity index (χ3v) is 5.30. The number of rotatable bonds is 4. The number of morpholine rings is 1. The molecule has 0 bridgehead atoms. The molecule has 1 atom stereocenters. The van der Waals surface area contributed by atoms with E-state index in [0.29, 0.717) is 38.5 Å². The van der Waals surface area contributed by atoms with Crippen molar-refractivity contribution in [2.75, 3.05) is 52.4 Å². The van der Waals surface area contributed by atoms with Gasteiger partial charge in [-0.05, 0) is 24.3 Å². The monoisotopic (exact) mass is 383 g/mol. The molecule has 2 fully saturated rings. The van der Waals surface area contributed by atoms with Gasteiger partial charge >= 0.3 is 0 Å². The second-order valence-corrected chi connectivity index (χ2v) is 7.18. The number of furan rings is 1. The number of hydrogen-bond acceptors (Lipinski definition) is 5. The fourth-order valence-electron chi connectivity index (χ4n) is 3.76. The largest absolute Gasteiger partial charge is 0.459 e. The summed E-state index contributed by atoms with van der Waals surface area (Å²) < 4.78 is 11.1. The SMILES string of the molecule is O=C(c1ccccc1)N1CCN(CC2CN(C(=O)c3ccco3)CCO2)CC1. The lowest BCUT2D eigenvalue weighted by Gasteiger charge is -2.39. The molecule has 2 saturated heterocycles. The molecule has 7 heteroatoms. The van der Waals surface area contributed by atoms with E-state index in [1.54, 1.807) is 17.0 Å². The van der Waals surface area contributed by atoms with Gasteiger partial charge in [-0.1, -0.05) is 18.2 Å². The van der Waals surface area contributed by atoms with Crippen molar-refractivity contribution in [2.45, 2.75) is 6.10 Å². The molecule has 2 aliphatic rings. The van der Waals surface area contributed by atoms with Gasteiger partial charge in [0.2, 0.25) is 0 Å². The lowest BCUT2D eigenvalue weighted by molar-refractivity contribution is -0.0406. The highest BCUT2D eigenvalue weighted by Crippen LogP contribution is 2.14. The third-order valence-electron chi connectivity index (χ3n) is 5.30. The van der Waals surface area contributed by atoms with Crippen LogP contribution in [0.15, 0.2) is 53.1 Å². The van der Waals surface area contributed by atoms with E-state index < -0.39 is 0 Å². The number of hydrogen-bond donors (Lipinski definition) is 0. The molecule has 4 rings (SSSR count). The van der Waals surface area contributed by atoms with Crippen molar-refractivity contribution in [1.29, 1.82) is 0 Å². The summed E-state index contributed by atoms with van der Waals surface area (Å²) in [5, 5.41) is 0. The van der Waals surface area contributed by atoms with Crippen LogP contribution < -0.4 is 0 Å². The van der Waals surface area contributed by atoms with Crippen LogP contribution in [0.5, 0.6) is 0 Å². The minimum Gasteiger partial charge on any atom is -0.459 e. The van der Waals surface area contributed by atoms with Crippen LogP contribution in [0.2, 0.25) is 0 Å². The summed E-state index contributed by atoms with van der Waals surface area (Å²) in [6.45, 7) is 5.46. The summed E-state index contributed by atoms with van der Waals surface area (Å²) in [5.41, 5.74) is 0.735. The lowest BCUT2D eigenvalue weighted by Crippen LogP contribution is -2.54. The third kappa shape index (κ3) is 4.26. The summed E-state index contributed by atoms with van der Waals surface area (Å²) in [4.78, 5) is 31.0. The summed E-state index contributed by atoms with van der Waals surface area (Å²) in [7, 11) is 0. The van der Waals surface area contributed by atoms with Gasteiger partial charge in [0.1, 0.15) is 0 Å². The van der Waals surface area contributed by atoms with Crippen LogP contribution >= 0.6 is 0 Å². The molecule has 0 N–H and O–H groups in total. The highest BCUT2D eigenvalue weighted by molar-refractivity contribution is 5.94. The molecule has 0 radical (unpaired) electrons. The second-order valence-electron chi connectivity index (χ2n) is 7.18. The Balaban J connectivity index is 1.26. The average Bonchev–Trinajstić information content (AvgIpc) is 3.29. The van der Waals surface area contributed by atoms with E-state index in [9.17, 15) is 9.59 Å². The van der Waals surface area contributed by atoms with Crippen LogP contribution in [0.3, 0.4) is 0 Å². The Labute approximate surface area is 164 Å². The molecule has 2 aromatic rings. The minimum atomic E-state index is -0.0865. The second kappa shape index (κ2) is 8.58. The fraction of sp³-hybridized carbons (Fsp3) is 0.429. The maximum Gasteiger partial charge on any atom is 0.289 e. The van der Waals surface area contributed by atoms with Crippen molar-refractivity contribution in [3.8, 4) is 0 Å². The predicted molar refractivity (Wildman–Crippen MR) is 103 cm³/mol. The van der Waals surface area contributed by atoms with E-state index >= 15 is 0 Å². The number of amides is 2. The van der Waals surface area contributed by atoms with Crippen LogP contribution in [0.1, 0.15) is 20.9 Å². The van der Waals surface area contributed by atoms with Gasteiger partial charge in [-0.25, -0.2) is 0 Å². The van der Waals surface area contributed by atoms with Crippen LogP contribution in [0, 0.1) is 0 Å². The highest BCUT2D eigenvalue weighted by atomic mass is 16.5. The van der Waals surface area contributed by atoms with E-state index in [0.717, 1.165) is 25.2 Å². The maximum absolute atomic E-state index is 12.6. The Bertz CT molecular complexity index is 785. The first-order valence-corrected chi connectivity index (χ1v) is 9.72. The molecule has 0 spiro atoms. The van der Waals surface area contributed by atoms with Crippen molar-refractivity contribution in [2.24, 2.45) is 0 Å². The van der Waals surface area contributed by atoms with E-state index in [2.05, 4.69) is 4.90 Å². The first kappa shape index (κ1) is 18.7. The topological polar surface area (TPSA) is 66.2 Å². The van der Waals surface area contributed by atoms with Gasteiger partial charge in [0, 0.05) is 51.4 Å². The normalized spacial score (nSPS) is 20.9. The van der Waals surface area contributed by atoms with Gasteiger partial charge in [-0.3, -0.25) is 14.5 Å². The summed E-state index contributed by atoms with van der Waals surface area (Å²) in [6, 6.07) is 12.8. The van der Waals surface area contributed by atoms with Crippen LogP contribution in [0.25, 0.3) is 0 Å². The number of piperazine rings is 1. The van der Waals surface area contributed by atoms with Crippen molar-refractivity contribution < 1.29 is 18.7 Å². The van der Waals surface area contributed by atoms with Gasteiger partial charge in [-0.15, -0.1) is 0 Å². The molecule has 28 heavy (non-hydrogen) atoms. The van der Waals surface area contributed by atoms with E-state index in [1.807, 2.05) is 35.2 Å². The molecular formula is C21H25N3O4. The smallest absolute Gasteiger partial charge is 0.289 e. The average molecular weight is 383 g/mol. The van der Waals surface area contributed by atoms with Gasteiger partial charge in [-0.2, -0.15) is 0 Å². The zero-order valence-electron chi connectivity index (χ0n) is 15.8. The predicted octanol–water partition coefficient (Wildman–Crippen LogP) is 1.58. The first-order valence-electron chi connectivity index (χ1n) is 9.72. The Morgan fingerprint density at radius 1 is 0.893 bits per heavy atom. The molecule has 1 aromatic carbocycles. The van der Waals surface area contributed by atoms with Crippen molar-refractivity contribution >= 4 is 11.8 Å². The number of ether oxygens (including phenoxy) is 1. The quantitative estimate of drug-likeness (QED) is 0.802. The molecule has 1 unspecified atom stereocenters. The minimum absolute atomic E-state index is 0.0240. The summed E-state index contributed by atoms with van der Waals surface area (Å²) >= 11 is 0. The van der Waals surface area contributed by atoms with Gasteiger partial charge in [0.25, 0.3) is 11.8 Å². The molecule has 148 valence electrons. The summed E-state index contributed by atoms with van der Waals surface area (Å²) in [6.07, 6.45) is 1.49. The Morgan fingerprint density at radius 2 is 1.68 bits per heavy atom. The van der Waals surface area contributed by atoms with Crippen molar-refractivity contribution in [3.63, 3.8) is 0 Å². The lowest BCUT2D eigenvalue weighted by atomic mass is 10.1. The molecule has 3 heterocycles. The molecule has 2 aliphatic heterocycles. The molecular weight excluding hydrogens is 358 g/mol. The van der Waals surface area contributed by atoms with Crippen LogP contribution in [0.4, 0.5) is 0 Å². The molecule has 7 nitrogen and oxygen atoms in total. The summed E-state index contributed by atoms with van der Waals surface area (Å²) in [5.74, 6) is 0.370. The molecule has 0 saturated carbocycles. The van der Waals surface area contributed by atoms with Gasteiger partial charge in [0.05, 0.1) is 19.0 Å². The van der Waals surface area contributed by atoms with E-state index in [4.69, 9.17) is 9.15 Å². The molecule has 0 aliphatic carbocycles. The highest BCUT2D eigenvalue weighted by Gasteiger charge is 2.29. The van der Waals surface area contributed by atoms with Crippen LogP contribution in [-0.2, 0) is 4.74 Å². The fourth-order valence-corrected chi connectivity index (χ4v) is 3.76.